The first-order chi connectivity index (χ1) is 24.6. The molecule has 9 fully saturated rings. The number of nitrogens with zero attached hydrogens (tertiary/aromatic N) is 1. The van der Waals surface area contributed by atoms with Gasteiger partial charge in [0.05, 0.1) is 11.3 Å². The van der Waals surface area contributed by atoms with Crippen molar-refractivity contribution in [3.63, 3.8) is 0 Å². The fourth-order valence-electron chi connectivity index (χ4n) is 10.8. The normalized spacial score (nSPS) is 36.0. The van der Waals surface area contributed by atoms with Crippen LogP contribution in [0, 0.1) is 69.5 Å². The Morgan fingerprint density at radius 3 is 1.49 bits per heavy atom. The van der Waals surface area contributed by atoms with E-state index in [9.17, 15) is 4.79 Å². The van der Waals surface area contributed by atoms with Crippen LogP contribution in [-0.4, -0.2) is 71.1 Å². The summed E-state index contributed by atoms with van der Waals surface area (Å²) in [5.41, 5.74) is 15.3. The minimum absolute atomic E-state index is 0. The summed E-state index contributed by atoms with van der Waals surface area (Å²) in [6, 6.07) is 8.98. The van der Waals surface area contributed by atoms with E-state index in [2.05, 4.69) is 83.9 Å². The third-order valence-electron chi connectivity index (χ3n) is 14.8. The number of aliphatic hydroxyl groups excluding tert-OH is 3. The Kier molecular flexibility index (Phi) is 19.5. The van der Waals surface area contributed by atoms with Crippen molar-refractivity contribution in [1.29, 1.82) is 0 Å². The Balaban J connectivity index is 0.000000242. The van der Waals surface area contributed by atoms with Crippen molar-refractivity contribution in [2.75, 3.05) is 26.9 Å². The zero-order valence-electron chi connectivity index (χ0n) is 32.7. The van der Waals surface area contributed by atoms with E-state index in [1.165, 1.54) is 44.2 Å². The minimum Gasteiger partial charge on any atom is -0.478 e. The second-order valence-corrected chi connectivity index (χ2v) is 18.0. The maximum Gasteiger partial charge on any atom is 0.335 e. The number of benzene rings is 1. The molecule has 9 aliphatic rings. The highest BCUT2D eigenvalue weighted by molar-refractivity contribution is 15.0. The number of hydrogen-bond donors (Lipinski definition) is 6. The largest absolute Gasteiger partial charge is 0.478 e. The van der Waals surface area contributed by atoms with Crippen LogP contribution in [0.1, 0.15) is 117 Å². The van der Waals surface area contributed by atoms with Gasteiger partial charge in [-0.15, -0.1) is 0 Å². The number of fused-ring (bicyclic) bond motifs is 6. The first-order valence-electron chi connectivity index (χ1n) is 19.4. The van der Waals surface area contributed by atoms with E-state index in [1.807, 2.05) is 0 Å². The molecule has 10 rings (SSSR count). The number of hydrogen-bond acceptors (Lipinski definition) is 8. The quantitative estimate of drug-likeness (QED) is 0.111. The van der Waals surface area contributed by atoms with E-state index in [0.717, 1.165) is 37.0 Å². The van der Waals surface area contributed by atoms with Crippen molar-refractivity contribution in [3.05, 3.63) is 35.9 Å². The third-order valence-corrected chi connectivity index (χ3v) is 14.8. The van der Waals surface area contributed by atoms with Crippen molar-refractivity contribution in [2.24, 2.45) is 86.1 Å². The molecule has 1 aromatic rings. The highest BCUT2D eigenvalue weighted by Gasteiger charge is 2.58. The first-order valence-corrected chi connectivity index (χ1v) is 25.7. The number of aromatic carboxylic acids is 1. The number of rotatable bonds is 8. The molecule has 9 nitrogen and oxygen atoms in total. The number of halogens is 2. The average molecular weight is 970 g/mol. The maximum absolute atomic E-state index is 10.2. The van der Waals surface area contributed by atoms with Gasteiger partial charge in [0, 0.05) is 81.0 Å². The molecule has 306 valence electrons. The number of carbonyl (C=O) groups is 1. The monoisotopic (exact) mass is 969 g/mol. The maximum atomic E-state index is 10.2. The van der Waals surface area contributed by atoms with Gasteiger partial charge in [0.2, 0.25) is 0 Å². The number of oxime groups is 1. The van der Waals surface area contributed by atoms with E-state index in [0.29, 0.717) is 82.6 Å². The average Bonchev–Trinajstić information content (AvgIpc) is 3.12. The van der Waals surface area contributed by atoms with E-state index >= 15 is 0 Å². The van der Waals surface area contributed by atoms with Gasteiger partial charge in [0.15, 0.2) is 0 Å². The Hall–Kier alpha value is -0.580. The molecule has 8 N–H and O–H groups in total. The number of carboxylic acid groups (broad SMARTS) is 1. The molecule has 0 saturated heterocycles. The Morgan fingerprint density at radius 1 is 0.736 bits per heavy atom. The molecule has 9 saturated carbocycles. The van der Waals surface area contributed by atoms with Crippen LogP contribution in [0.25, 0.3) is 0 Å². The molecular weight excluding hydrogens is 896 g/mol. The van der Waals surface area contributed by atoms with Gasteiger partial charge >= 0.3 is 5.97 Å². The fraction of sp³-hybridized carbons (Fsp3) is 0.810. The predicted molar refractivity (Wildman–Crippen MR) is 234 cm³/mol. The van der Waals surface area contributed by atoms with Gasteiger partial charge in [-0.25, -0.2) is 4.79 Å². The summed E-state index contributed by atoms with van der Waals surface area (Å²) in [6.07, 6.45) is 10.2. The second kappa shape index (κ2) is 21.3. The smallest absolute Gasteiger partial charge is 0.335 e. The topological polar surface area (TPSA) is 172 Å². The van der Waals surface area contributed by atoms with Gasteiger partial charge in [-0.1, -0.05) is 72.3 Å². The van der Waals surface area contributed by atoms with Crippen LogP contribution >= 0.6 is 37.2 Å². The number of carboxylic acids is 1. The summed E-state index contributed by atoms with van der Waals surface area (Å²) in [5, 5.41) is 39.5. The van der Waals surface area contributed by atoms with Gasteiger partial charge in [-0.05, 0) is 128 Å². The van der Waals surface area contributed by atoms with Crippen LogP contribution < -0.4 is 11.5 Å². The Bertz CT molecular complexity index is 1240. The SMILES string of the molecule is C.CC1(C)[C@H]2C[C@H](CCO)[C@@H](N)[C@@H]1C2.CC1(C)[C@H]2C[C@H](CCO)[C@@H](N)[C@@H]1C2.CO/N=C1\[C@@H](CCO)C[C@H]2C[C@@H]1C2(C)C.II.O=C(O)c1ccccc1. The van der Waals surface area contributed by atoms with Gasteiger partial charge in [-0.2, -0.15) is 0 Å². The van der Waals surface area contributed by atoms with Crippen LogP contribution in [-0.2, 0) is 4.84 Å². The molecule has 11 heteroatoms. The van der Waals surface area contributed by atoms with E-state index in [1.54, 1.807) is 37.4 Å². The minimum atomic E-state index is -0.879. The molecule has 0 aliphatic heterocycles. The molecule has 1 aromatic carbocycles. The number of aliphatic hydroxyl groups is 3. The molecule has 9 aliphatic carbocycles. The highest BCUT2D eigenvalue weighted by atomic mass is 128. The molecule has 6 bridgehead atoms. The van der Waals surface area contributed by atoms with E-state index in [-0.39, 0.29) is 14.0 Å². The summed E-state index contributed by atoms with van der Waals surface area (Å²) < 4.78 is 0. The summed E-state index contributed by atoms with van der Waals surface area (Å²) in [6.45, 7) is 14.9. The van der Waals surface area contributed by atoms with Crippen LogP contribution in [0.2, 0.25) is 0 Å². The lowest BCUT2D eigenvalue weighted by Crippen LogP contribution is -2.61. The van der Waals surface area contributed by atoms with Crippen molar-refractivity contribution >= 4 is 48.9 Å². The van der Waals surface area contributed by atoms with Crippen LogP contribution in [0.4, 0.5) is 0 Å². The molecular formula is C42H73I2N3O6. The molecule has 53 heavy (non-hydrogen) atoms. The van der Waals surface area contributed by atoms with E-state index in [4.69, 9.17) is 36.7 Å². The molecule has 0 amide bonds. The van der Waals surface area contributed by atoms with Gasteiger partial charge in [0.25, 0.3) is 0 Å². The van der Waals surface area contributed by atoms with E-state index < -0.39 is 5.97 Å². The molecule has 0 radical (unpaired) electrons. The Labute approximate surface area is 344 Å². The summed E-state index contributed by atoms with van der Waals surface area (Å²) in [4.78, 5) is 15.2. The standard InChI is InChI=1S/C12H21NO2.2C11H21NO.C7H6O2.CH4.I2/c1-12(2)9-6-8(4-5-14)11(13-15-3)10(12)7-9;2*1-11(2)8-5-7(3-4-13)10(12)9(11)6-8;8-7(9)6-4-2-1-3-5-6;;1-2/h8-10,14H,4-7H2,1-3H3;2*7-10,13H,3-6,12H2,1-2H3;1-5H,(H,8,9);1H4;/b13-11+;;;;;/t8-,9-,10-;2*7-,8-,9-,10+;;;/m000.../s1. The van der Waals surface area contributed by atoms with Gasteiger partial charge in [0.1, 0.15) is 7.11 Å². The molecule has 0 aromatic heterocycles. The molecule has 0 heterocycles. The highest BCUT2D eigenvalue weighted by Crippen LogP contribution is 2.62. The summed E-state index contributed by atoms with van der Waals surface area (Å²) in [7, 11) is 1.61. The first kappa shape index (κ1) is 48.6. The lowest BCUT2D eigenvalue weighted by atomic mass is 9.45. The summed E-state index contributed by atoms with van der Waals surface area (Å²) >= 11 is 4.24. The predicted octanol–water partition coefficient (Wildman–Crippen LogP) is 8.60. The van der Waals surface area contributed by atoms with Crippen molar-refractivity contribution in [2.45, 2.75) is 119 Å². The van der Waals surface area contributed by atoms with Crippen LogP contribution in [0.5, 0.6) is 0 Å². The number of nitrogens with two attached hydrogens (primary N) is 2. The van der Waals surface area contributed by atoms with Crippen LogP contribution in [0.3, 0.4) is 0 Å². The van der Waals surface area contributed by atoms with Crippen molar-refractivity contribution in [1.82, 2.24) is 0 Å². The second-order valence-electron chi connectivity index (χ2n) is 18.0. The molecule has 11 atom stereocenters. The van der Waals surface area contributed by atoms with Gasteiger partial charge in [-0.3, -0.25) is 0 Å². The fourth-order valence-corrected chi connectivity index (χ4v) is 10.8. The van der Waals surface area contributed by atoms with Crippen molar-refractivity contribution < 1.29 is 30.1 Å². The lowest BCUT2D eigenvalue weighted by molar-refractivity contribution is -0.107. The van der Waals surface area contributed by atoms with Crippen LogP contribution in [0.15, 0.2) is 35.5 Å². The molecule has 0 unspecified atom stereocenters. The lowest BCUT2D eigenvalue weighted by Gasteiger charge is -2.61. The zero-order valence-corrected chi connectivity index (χ0v) is 37.0. The molecule has 0 spiro atoms. The van der Waals surface area contributed by atoms with Gasteiger partial charge < -0.3 is 36.7 Å². The zero-order chi connectivity index (χ0) is 39.0. The Morgan fingerprint density at radius 2 is 1.17 bits per heavy atom. The third kappa shape index (κ3) is 10.9. The summed E-state index contributed by atoms with van der Waals surface area (Å²) in [5.74, 6) is 5.29. The van der Waals surface area contributed by atoms with Crippen molar-refractivity contribution in [3.8, 4) is 0 Å².